The van der Waals surface area contributed by atoms with Crippen molar-refractivity contribution in [2.75, 3.05) is 4.90 Å². The lowest BCUT2D eigenvalue weighted by molar-refractivity contribution is -0.203. The van der Waals surface area contributed by atoms with Crippen LogP contribution in [-0.4, -0.2) is 40.5 Å². The zero-order valence-corrected chi connectivity index (χ0v) is 13.9. The molecule has 0 aliphatic heterocycles. The molecule has 0 saturated carbocycles. The maximum atomic E-state index is 13.8. The fourth-order valence-corrected chi connectivity index (χ4v) is 2.35. The van der Waals surface area contributed by atoms with E-state index >= 15 is 0 Å². The number of carboxylic acid groups (broad SMARTS) is 1. The second-order valence-electron chi connectivity index (χ2n) is 5.85. The Morgan fingerprint density at radius 3 is 1.92 bits per heavy atom. The largest absolute Gasteiger partial charge is 0.479 e. The lowest BCUT2D eigenvalue weighted by Gasteiger charge is -2.41. The van der Waals surface area contributed by atoms with E-state index < -0.39 is 47.0 Å². The minimum atomic E-state index is -5.56. The third-order valence-corrected chi connectivity index (χ3v) is 3.80. The van der Waals surface area contributed by atoms with Gasteiger partial charge in [0.2, 0.25) is 5.91 Å². The van der Waals surface area contributed by atoms with Crippen LogP contribution in [0, 0.1) is 5.92 Å². The second kappa shape index (κ2) is 7.22. The van der Waals surface area contributed by atoms with Gasteiger partial charge in [0.25, 0.3) is 5.54 Å². The Hall–Kier alpha value is -2.42. The number of rotatable bonds is 6. The maximum Gasteiger partial charge on any atom is 0.430 e. The Kier molecular flexibility index (Phi) is 5.96. The highest BCUT2D eigenvalue weighted by atomic mass is 19.4. The van der Waals surface area contributed by atoms with Gasteiger partial charge in [0.05, 0.1) is 6.04 Å². The SMILES string of the molecule is CC(=O)[C@](C(=O)O)(N(C(=O)[C@@H](N)C(C)C)c1ccccc1)C(F)(F)F. The van der Waals surface area contributed by atoms with Crippen molar-refractivity contribution in [3.8, 4) is 0 Å². The number of Topliss-reactive ketones (excluding diaryl/α,β-unsaturated/α-hetero) is 1. The van der Waals surface area contributed by atoms with Gasteiger partial charge < -0.3 is 10.8 Å². The minimum Gasteiger partial charge on any atom is -0.479 e. The van der Waals surface area contributed by atoms with Crippen LogP contribution in [0.15, 0.2) is 30.3 Å². The quantitative estimate of drug-likeness (QED) is 0.756. The molecule has 138 valence electrons. The van der Waals surface area contributed by atoms with Crippen molar-refractivity contribution in [3.05, 3.63) is 30.3 Å². The van der Waals surface area contributed by atoms with Crippen LogP contribution < -0.4 is 10.6 Å². The third kappa shape index (κ3) is 3.51. The highest BCUT2D eigenvalue weighted by Crippen LogP contribution is 2.40. The number of nitrogens with two attached hydrogens (primary N) is 1. The summed E-state index contributed by atoms with van der Waals surface area (Å²) in [5, 5.41) is 9.36. The number of nitrogens with zero attached hydrogens (tertiary/aromatic N) is 1. The van der Waals surface area contributed by atoms with Crippen molar-refractivity contribution >= 4 is 23.3 Å². The van der Waals surface area contributed by atoms with Gasteiger partial charge in [0.1, 0.15) is 0 Å². The lowest BCUT2D eigenvalue weighted by Crippen LogP contribution is -2.72. The van der Waals surface area contributed by atoms with Crippen LogP contribution in [0.4, 0.5) is 18.9 Å². The van der Waals surface area contributed by atoms with E-state index in [0.717, 1.165) is 12.1 Å². The lowest BCUT2D eigenvalue weighted by atomic mass is 9.88. The normalized spacial score (nSPS) is 15.4. The first-order valence-electron chi connectivity index (χ1n) is 7.34. The molecule has 25 heavy (non-hydrogen) atoms. The number of hydrogen-bond acceptors (Lipinski definition) is 4. The molecule has 0 bridgehead atoms. The first kappa shape index (κ1) is 20.6. The number of alkyl halides is 3. The summed E-state index contributed by atoms with van der Waals surface area (Å²) in [6.07, 6.45) is -5.56. The predicted molar refractivity (Wildman–Crippen MR) is 83.8 cm³/mol. The molecular formula is C16H19F3N2O4. The van der Waals surface area contributed by atoms with Crippen LogP contribution in [-0.2, 0) is 14.4 Å². The topological polar surface area (TPSA) is 101 Å². The highest BCUT2D eigenvalue weighted by Gasteiger charge is 2.70. The van der Waals surface area contributed by atoms with Crippen LogP contribution in [0.2, 0.25) is 0 Å². The number of aliphatic carboxylic acids is 1. The van der Waals surface area contributed by atoms with Crippen molar-refractivity contribution in [1.82, 2.24) is 0 Å². The monoisotopic (exact) mass is 360 g/mol. The van der Waals surface area contributed by atoms with Gasteiger partial charge in [-0.2, -0.15) is 13.2 Å². The van der Waals surface area contributed by atoms with Crippen LogP contribution >= 0.6 is 0 Å². The predicted octanol–water partition coefficient (Wildman–Crippen LogP) is 1.98. The molecule has 0 aliphatic rings. The molecule has 6 nitrogen and oxygen atoms in total. The van der Waals surface area contributed by atoms with Crippen LogP contribution in [0.1, 0.15) is 20.8 Å². The van der Waals surface area contributed by atoms with Crippen molar-refractivity contribution in [2.24, 2.45) is 11.7 Å². The number of anilines is 1. The van der Waals surface area contributed by atoms with E-state index in [9.17, 15) is 32.7 Å². The molecule has 1 aromatic rings. The molecule has 2 atom stereocenters. The summed E-state index contributed by atoms with van der Waals surface area (Å²) >= 11 is 0. The van der Waals surface area contributed by atoms with Gasteiger partial charge >= 0.3 is 12.1 Å². The highest BCUT2D eigenvalue weighted by molar-refractivity contribution is 6.18. The number of amides is 1. The molecule has 0 spiro atoms. The summed E-state index contributed by atoms with van der Waals surface area (Å²) in [6, 6.07) is 4.90. The second-order valence-corrected chi connectivity index (χ2v) is 5.85. The number of halogens is 3. The summed E-state index contributed by atoms with van der Waals surface area (Å²) in [6.45, 7) is 3.47. The summed E-state index contributed by atoms with van der Waals surface area (Å²) < 4.78 is 41.4. The van der Waals surface area contributed by atoms with Crippen LogP contribution in [0.25, 0.3) is 0 Å². The zero-order chi connectivity index (χ0) is 19.6. The molecule has 0 unspecified atom stereocenters. The smallest absolute Gasteiger partial charge is 0.430 e. The molecule has 0 aromatic heterocycles. The first-order valence-corrected chi connectivity index (χ1v) is 7.34. The summed E-state index contributed by atoms with van der Waals surface area (Å²) in [7, 11) is 0. The van der Waals surface area contributed by atoms with E-state index in [4.69, 9.17) is 5.73 Å². The molecule has 9 heteroatoms. The van der Waals surface area contributed by atoms with Gasteiger partial charge in [0, 0.05) is 5.69 Å². The van der Waals surface area contributed by atoms with Crippen LogP contribution in [0.5, 0.6) is 0 Å². The van der Waals surface area contributed by atoms with E-state index in [0.29, 0.717) is 6.92 Å². The molecule has 0 aliphatic carbocycles. The van der Waals surface area contributed by atoms with E-state index in [1.54, 1.807) is 0 Å². The van der Waals surface area contributed by atoms with Gasteiger partial charge in [0.15, 0.2) is 5.78 Å². The zero-order valence-electron chi connectivity index (χ0n) is 13.9. The Bertz CT molecular complexity index is 645. The number of ketones is 1. The first-order chi connectivity index (χ1) is 11.4. The van der Waals surface area contributed by atoms with E-state index in [1.807, 2.05) is 0 Å². The average Bonchev–Trinajstić information content (AvgIpc) is 2.49. The Labute approximate surface area is 142 Å². The number of carboxylic acids is 1. The van der Waals surface area contributed by atoms with Crippen molar-refractivity contribution in [1.29, 1.82) is 0 Å². The third-order valence-electron chi connectivity index (χ3n) is 3.80. The fraction of sp³-hybridized carbons (Fsp3) is 0.438. The number of hydrogen-bond donors (Lipinski definition) is 2. The van der Waals surface area contributed by atoms with Gasteiger partial charge in [-0.25, -0.2) is 4.79 Å². The Balaban J connectivity index is 3.82. The number of para-hydroxylation sites is 1. The summed E-state index contributed by atoms with van der Waals surface area (Å²) in [5.74, 6) is -6.14. The molecule has 0 heterocycles. The maximum absolute atomic E-state index is 13.8. The fourth-order valence-electron chi connectivity index (χ4n) is 2.35. The number of carbonyl (C=O) groups is 3. The van der Waals surface area contributed by atoms with Gasteiger partial charge in [-0.15, -0.1) is 0 Å². The van der Waals surface area contributed by atoms with E-state index in [2.05, 4.69) is 0 Å². The van der Waals surface area contributed by atoms with Crippen LogP contribution in [0.3, 0.4) is 0 Å². The van der Waals surface area contributed by atoms with Crippen molar-refractivity contribution < 1.29 is 32.7 Å². The molecule has 1 rings (SSSR count). The van der Waals surface area contributed by atoms with E-state index in [1.165, 1.54) is 32.0 Å². The standard InChI is InChI=1S/C16H19F3N2O4/c1-9(2)12(20)13(23)21(11-7-5-4-6-8-11)15(10(3)22,14(24)25)16(17,18)19/h4-9,12H,20H2,1-3H3,(H,24,25)/t12-,15+/m0/s1. The van der Waals surface area contributed by atoms with Gasteiger partial charge in [-0.3, -0.25) is 14.5 Å². The molecular weight excluding hydrogens is 341 g/mol. The van der Waals surface area contributed by atoms with Gasteiger partial charge in [-0.05, 0) is 25.0 Å². The summed E-state index contributed by atoms with van der Waals surface area (Å²) in [4.78, 5) is 36.2. The summed E-state index contributed by atoms with van der Waals surface area (Å²) in [5.41, 5.74) is 1.21. The number of benzene rings is 1. The Morgan fingerprint density at radius 2 is 1.60 bits per heavy atom. The molecule has 1 aromatic carbocycles. The van der Waals surface area contributed by atoms with Crippen molar-refractivity contribution in [2.45, 2.75) is 38.5 Å². The van der Waals surface area contributed by atoms with Gasteiger partial charge in [-0.1, -0.05) is 32.0 Å². The Morgan fingerprint density at radius 1 is 1.12 bits per heavy atom. The molecule has 0 fully saturated rings. The molecule has 0 radical (unpaired) electrons. The van der Waals surface area contributed by atoms with Crippen molar-refractivity contribution in [3.63, 3.8) is 0 Å². The molecule has 1 amide bonds. The molecule has 3 N–H and O–H groups in total. The minimum absolute atomic E-state index is 0.0532. The van der Waals surface area contributed by atoms with E-state index in [-0.39, 0.29) is 4.90 Å². The number of carbonyl (C=O) groups excluding carboxylic acids is 2. The average molecular weight is 360 g/mol. The molecule has 0 saturated heterocycles.